The van der Waals surface area contributed by atoms with Crippen LogP contribution in [0.2, 0.25) is 0 Å². The van der Waals surface area contributed by atoms with E-state index in [2.05, 4.69) is 15.6 Å². The lowest BCUT2D eigenvalue weighted by Gasteiger charge is -2.14. The smallest absolute Gasteiger partial charge is 0.326 e. The summed E-state index contributed by atoms with van der Waals surface area (Å²) < 4.78 is 0. The molecule has 1 rings (SSSR count). The van der Waals surface area contributed by atoms with E-state index in [0.29, 0.717) is 19.4 Å². The second-order valence-electron chi connectivity index (χ2n) is 4.31. The minimum atomic E-state index is -1.02. The molecule has 0 aliphatic heterocycles. The fourth-order valence-corrected chi connectivity index (χ4v) is 1.63. The summed E-state index contributed by atoms with van der Waals surface area (Å²) >= 11 is 0. The summed E-state index contributed by atoms with van der Waals surface area (Å²) in [5.41, 5.74) is 1.93. The van der Waals surface area contributed by atoms with Gasteiger partial charge >= 0.3 is 12.0 Å². The van der Waals surface area contributed by atoms with Crippen molar-refractivity contribution in [3.63, 3.8) is 0 Å². The SMILES string of the molecule is CCCC(NC(=O)NCc1ccncc1C)C(=O)O. The van der Waals surface area contributed by atoms with Crippen LogP contribution in [0.15, 0.2) is 18.5 Å². The Morgan fingerprint density at radius 2 is 2.21 bits per heavy atom. The van der Waals surface area contributed by atoms with Crippen LogP contribution in [0.5, 0.6) is 0 Å². The van der Waals surface area contributed by atoms with Gasteiger partial charge in [0.2, 0.25) is 0 Å². The summed E-state index contributed by atoms with van der Waals surface area (Å²) in [6.45, 7) is 4.12. The van der Waals surface area contributed by atoms with Crippen LogP contribution in [0.1, 0.15) is 30.9 Å². The lowest BCUT2D eigenvalue weighted by Crippen LogP contribution is -2.45. The van der Waals surface area contributed by atoms with Crippen LogP contribution < -0.4 is 10.6 Å². The largest absolute Gasteiger partial charge is 0.480 e. The van der Waals surface area contributed by atoms with Gasteiger partial charge in [0.1, 0.15) is 6.04 Å². The topological polar surface area (TPSA) is 91.3 Å². The van der Waals surface area contributed by atoms with Crippen molar-refractivity contribution in [2.75, 3.05) is 0 Å². The molecule has 0 spiro atoms. The molecule has 0 fully saturated rings. The zero-order valence-corrected chi connectivity index (χ0v) is 11.1. The van der Waals surface area contributed by atoms with Gasteiger partial charge in [-0.1, -0.05) is 13.3 Å². The number of pyridine rings is 1. The summed E-state index contributed by atoms with van der Waals surface area (Å²) in [5, 5.41) is 14.0. The van der Waals surface area contributed by atoms with Crippen LogP contribution in [0, 0.1) is 6.92 Å². The van der Waals surface area contributed by atoms with Crippen molar-refractivity contribution in [3.05, 3.63) is 29.6 Å². The zero-order chi connectivity index (χ0) is 14.3. The van der Waals surface area contributed by atoms with Gasteiger partial charge < -0.3 is 15.7 Å². The van der Waals surface area contributed by atoms with E-state index >= 15 is 0 Å². The molecule has 1 aromatic heterocycles. The number of urea groups is 1. The number of nitrogens with one attached hydrogen (secondary N) is 2. The molecule has 6 nitrogen and oxygen atoms in total. The molecule has 2 amide bonds. The number of amides is 2. The second kappa shape index (κ2) is 7.35. The molecule has 1 aromatic rings. The molecule has 0 aliphatic rings. The van der Waals surface area contributed by atoms with Crippen molar-refractivity contribution in [1.29, 1.82) is 0 Å². The number of rotatable bonds is 6. The summed E-state index contributed by atoms with van der Waals surface area (Å²) in [7, 11) is 0. The number of carbonyl (C=O) groups excluding carboxylic acids is 1. The van der Waals surface area contributed by atoms with E-state index in [9.17, 15) is 9.59 Å². The van der Waals surface area contributed by atoms with Gasteiger partial charge in [-0.2, -0.15) is 0 Å². The summed E-state index contributed by atoms with van der Waals surface area (Å²) in [4.78, 5) is 26.5. The molecule has 0 saturated heterocycles. The highest BCUT2D eigenvalue weighted by atomic mass is 16.4. The van der Waals surface area contributed by atoms with E-state index in [-0.39, 0.29) is 0 Å². The molecule has 0 aliphatic carbocycles. The first-order valence-electron chi connectivity index (χ1n) is 6.21. The van der Waals surface area contributed by atoms with Crippen LogP contribution in [0.4, 0.5) is 4.79 Å². The van der Waals surface area contributed by atoms with Gasteiger partial charge in [0.25, 0.3) is 0 Å². The van der Waals surface area contributed by atoms with Crippen molar-refractivity contribution in [1.82, 2.24) is 15.6 Å². The normalized spacial score (nSPS) is 11.7. The first-order valence-corrected chi connectivity index (χ1v) is 6.21. The first-order chi connectivity index (χ1) is 9.04. The average Bonchev–Trinajstić information content (AvgIpc) is 2.37. The van der Waals surface area contributed by atoms with Crippen LogP contribution in [-0.4, -0.2) is 28.1 Å². The van der Waals surface area contributed by atoms with E-state index in [1.165, 1.54) is 0 Å². The molecule has 0 aromatic carbocycles. The summed E-state index contributed by atoms with van der Waals surface area (Å²) in [6.07, 6.45) is 4.48. The number of carboxylic acids is 1. The highest BCUT2D eigenvalue weighted by Gasteiger charge is 2.18. The quantitative estimate of drug-likeness (QED) is 0.726. The molecule has 1 unspecified atom stereocenters. The Bertz CT molecular complexity index is 449. The number of aromatic nitrogens is 1. The lowest BCUT2D eigenvalue weighted by molar-refractivity contribution is -0.139. The Kier molecular flexibility index (Phi) is 5.78. The molecular weight excluding hydrogens is 246 g/mol. The maximum Gasteiger partial charge on any atom is 0.326 e. The minimum Gasteiger partial charge on any atom is -0.480 e. The predicted octanol–water partition coefficient (Wildman–Crippen LogP) is 1.44. The van der Waals surface area contributed by atoms with Gasteiger partial charge in [0.05, 0.1) is 0 Å². The Labute approximate surface area is 112 Å². The number of hydrogen-bond acceptors (Lipinski definition) is 3. The van der Waals surface area contributed by atoms with E-state index in [0.717, 1.165) is 11.1 Å². The van der Waals surface area contributed by atoms with Crippen molar-refractivity contribution in [3.8, 4) is 0 Å². The zero-order valence-electron chi connectivity index (χ0n) is 11.1. The molecule has 1 heterocycles. The van der Waals surface area contributed by atoms with Crippen LogP contribution in [0.3, 0.4) is 0 Å². The van der Waals surface area contributed by atoms with E-state index < -0.39 is 18.0 Å². The second-order valence-corrected chi connectivity index (χ2v) is 4.31. The average molecular weight is 265 g/mol. The standard InChI is InChI=1S/C13H19N3O3/c1-3-4-11(12(17)18)16-13(19)15-8-10-5-6-14-7-9(10)2/h5-7,11H,3-4,8H2,1-2H3,(H,17,18)(H2,15,16,19). The van der Waals surface area contributed by atoms with E-state index in [1.54, 1.807) is 12.4 Å². The van der Waals surface area contributed by atoms with Crippen LogP contribution >= 0.6 is 0 Å². The van der Waals surface area contributed by atoms with Gasteiger partial charge in [0.15, 0.2) is 0 Å². The monoisotopic (exact) mass is 265 g/mol. The third kappa shape index (κ3) is 4.95. The van der Waals surface area contributed by atoms with E-state index in [4.69, 9.17) is 5.11 Å². The maximum atomic E-state index is 11.6. The molecule has 0 bridgehead atoms. The molecule has 6 heteroatoms. The minimum absolute atomic E-state index is 0.346. The third-order valence-corrected chi connectivity index (χ3v) is 2.76. The number of carboxylic acid groups (broad SMARTS) is 1. The molecule has 0 radical (unpaired) electrons. The number of aliphatic carboxylic acids is 1. The number of nitrogens with zero attached hydrogens (tertiary/aromatic N) is 1. The van der Waals surface area contributed by atoms with Gasteiger partial charge in [-0.25, -0.2) is 9.59 Å². The lowest BCUT2D eigenvalue weighted by atomic mass is 10.1. The van der Waals surface area contributed by atoms with Gasteiger partial charge in [-0.15, -0.1) is 0 Å². The maximum absolute atomic E-state index is 11.6. The van der Waals surface area contributed by atoms with Crippen molar-refractivity contribution < 1.29 is 14.7 Å². The van der Waals surface area contributed by atoms with Gasteiger partial charge in [-0.05, 0) is 30.5 Å². The Morgan fingerprint density at radius 1 is 1.47 bits per heavy atom. The Balaban J connectivity index is 2.47. The molecular formula is C13H19N3O3. The van der Waals surface area contributed by atoms with Gasteiger partial charge in [-0.3, -0.25) is 4.98 Å². The number of aryl methyl sites for hydroxylation is 1. The first kappa shape index (κ1) is 14.9. The van der Waals surface area contributed by atoms with Crippen LogP contribution in [-0.2, 0) is 11.3 Å². The third-order valence-electron chi connectivity index (χ3n) is 2.76. The van der Waals surface area contributed by atoms with Crippen LogP contribution in [0.25, 0.3) is 0 Å². The fraction of sp³-hybridized carbons (Fsp3) is 0.462. The van der Waals surface area contributed by atoms with Gasteiger partial charge in [0, 0.05) is 18.9 Å². The van der Waals surface area contributed by atoms with Crippen molar-refractivity contribution in [2.45, 2.75) is 39.3 Å². The number of hydrogen-bond donors (Lipinski definition) is 3. The van der Waals surface area contributed by atoms with Crippen molar-refractivity contribution >= 4 is 12.0 Å². The molecule has 0 saturated carbocycles. The fourth-order valence-electron chi connectivity index (χ4n) is 1.63. The number of carbonyl (C=O) groups is 2. The summed E-state index contributed by atoms with van der Waals surface area (Å²) in [6, 6.07) is 0.497. The Morgan fingerprint density at radius 3 is 2.79 bits per heavy atom. The molecule has 3 N–H and O–H groups in total. The predicted molar refractivity (Wildman–Crippen MR) is 70.7 cm³/mol. The summed E-state index contributed by atoms with van der Waals surface area (Å²) in [5.74, 6) is -1.02. The Hall–Kier alpha value is -2.11. The van der Waals surface area contributed by atoms with E-state index in [1.807, 2.05) is 19.9 Å². The highest BCUT2D eigenvalue weighted by molar-refractivity contribution is 5.82. The van der Waals surface area contributed by atoms with Crippen molar-refractivity contribution in [2.24, 2.45) is 0 Å². The molecule has 104 valence electrons. The molecule has 19 heavy (non-hydrogen) atoms. The highest BCUT2D eigenvalue weighted by Crippen LogP contribution is 2.04. The molecule has 1 atom stereocenters.